The number of hydrogen-bond donors (Lipinski definition) is 1. The van der Waals surface area contributed by atoms with Crippen molar-refractivity contribution in [3.05, 3.63) is 0 Å². The highest BCUT2D eigenvalue weighted by molar-refractivity contribution is 9.10. The second kappa shape index (κ2) is 5.21. The Bertz CT molecular complexity index is 204. The van der Waals surface area contributed by atoms with Gasteiger partial charge in [0.05, 0.1) is 4.83 Å². The summed E-state index contributed by atoms with van der Waals surface area (Å²) in [6, 6.07) is -0.470. The Hall–Kier alpha value is -0.580. The van der Waals surface area contributed by atoms with Crippen molar-refractivity contribution >= 4 is 27.7 Å². The van der Waals surface area contributed by atoms with Gasteiger partial charge in [-0.05, 0) is 13.8 Å². The molecule has 0 bridgehead atoms. The Kier molecular flexibility index (Phi) is 4.98. The summed E-state index contributed by atoms with van der Waals surface area (Å²) in [5.74, 6) is -0.288. The van der Waals surface area contributed by atoms with E-state index in [1.807, 2.05) is 0 Å². The molecule has 13 heavy (non-hydrogen) atoms. The fourth-order valence-electron chi connectivity index (χ4n) is 0.777. The molecular weight excluding hydrogens is 236 g/mol. The molecule has 0 heterocycles. The van der Waals surface area contributed by atoms with Crippen LogP contribution in [0.1, 0.15) is 13.8 Å². The molecule has 0 saturated carbocycles. The van der Waals surface area contributed by atoms with Gasteiger partial charge < -0.3 is 10.2 Å². The quantitative estimate of drug-likeness (QED) is 0.736. The maximum absolute atomic E-state index is 11.3. The molecule has 0 aromatic carbocycles. The van der Waals surface area contributed by atoms with E-state index in [1.54, 1.807) is 27.9 Å². The fourth-order valence-corrected chi connectivity index (χ4v) is 0.909. The summed E-state index contributed by atoms with van der Waals surface area (Å²) < 4.78 is 0. The average Bonchev–Trinajstić information content (AvgIpc) is 2.02. The van der Waals surface area contributed by atoms with Crippen molar-refractivity contribution in [3.63, 3.8) is 0 Å². The molecule has 1 N–H and O–H groups in total. The number of likely N-dealkylation sites (N-methyl/N-ethyl adjacent to an activating group) is 1. The van der Waals surface area contributed by atoms with Crippen LogP contribution in [-0.2, 0) is 9.59 Å². The zero-order chi connectivity index (χ0) is 10.6. The van der Waals surface area contributed by atoms with Crippen LogP contribution in [0.2, 0.25) is 0 Å². The highest BCUT2D eigenvalue weighted by Gasteiger charge is 2.18. The summed E-state index contributed by atoms with van der Waals surface area (Å²) in [4.78, 5) is 23.6. The molecule has 0 aliphatic carbocycles. The first-order chi connectivity index (χ1) is 5.86. The van der Waals surface area contributed by atoms with E-state index in [-0.39, 0.29) is 16.6 Å². The minimum atomic E-state index is -0.470. The first-order valence-corrected chi connectivity index (χ1v) is 4.93. The maximum atomic E-state index is 11.3. The summed E-state index contributed by atoms with van der Waals surface area (Å²) in [5.41, 5.74) is 0. The number of carbonyl (C=O) groups is 2. The van der Waals surface area contributed by atoms with Gasteiger partial charge in [0.25, 0.3) is 0 Å². The van der Waals surface area contributed by atoms with Crippen molar-refractivity contribution in [2.24, 2.45) is 0 Å². The van der Waals surface area contributed by atoms with E-state index in [1.165, 1.54) is 4.90 Å². The van der Waals surface area contributed by atoms with Crippen LogP contribution in [0, 0.1) is 0 Å². The Morgan fingerprint density at radius 2 is 1.77 bits per heavy atom. The average molecular weight is 251 g/mol. The normalized spacial score (nSPS) is 14.5. The van der Waals surface area contributed by atoms with Gasteiger partial charge in [-0.1, -0.05) is 15.9 Å². The lowest BCUT2D eigenvalue weighted by molar-refractivity contribution is -0.133. The summed E-state index contributed by atoms with van der Waals surface area (Å²) in [7, 11) is 3.31. The molecule has 2 amide bonds. The largest absolute Gasteiger partial charge is 0.347 e. The van der Waals surface area contributed by atoms with Crippen molar-refractivity contribution < 1.29 is 9.59 Å². The van der Waals surface area contributed by atoms with Gasteiger partial charge in [-0.25, -0.2) is 0 Å². The fraction of sp³-hybridized carbons (Fsp3) is 0.750. The molecule has 5 heteroatoms. The molecule has 0 rings (SSSR count). The van der Waals surface area contributed by atoms with Gasteiger partial charge in [-0.2, -0.15) is 0 Å². The lowest BCUT2D eigenvalue weighted by Crippen LogP contribution is -2.46. The van der Waals surface area contributed by atoms with Gasteiger partial charge in [-0.15, -0.1) is 0 Å². The van der Waals surface area contributed by atoms with Crippen LogP contribution >= 0.6 is 15.9 Å². The first-order valence-electron chi connectivity index (χ1n) is 4.02. The predicted molar refractivity (Wildman–Crippen MR) is 54.7 cm³/mol. The van der Waals surface area contributed by atoms with E-state index in [0.717, 1.165) is 0 Å². The van der Waals surface area contributed by atoms with Gasteiger partial charge in [0.1, 0.15) is 6.04 Å². The number of rotatable bonds is 3. The monoisotopic (exact) mass is 250 g/mol. The Morgan fingerprint density at radius 3 is 2.08 bits per heavy atom. The molecule has 0 fully saturated rings. The van der Waals surface area contributed by atoms with Crippen LogP contribution < -0.4 is 5.32 Å². The Labute approximate surface area is 86.8 Å². The minimum absolute atomic E-state index is 0.110. The van der Waals surface area contributed by atoms with Crippen LogP contribution in [-0.4, -0.2) is 41.7 Å². The predicted octanol–water partition coefficient (Wildman–Crippen LogP) is 0.363. The molecule has 0 aliphatic rings. The molecule has 0 aliphatic heterocycles. The van der Waals surface area contributed by atoms with Crippen molar-refractivity contribution in [1.82, 2.24) is 10.2 Å². The molecule has 0 aromatic heterocycles. The van der Waals surface area contributed by atoms with Crippen molar-refractivity contribution in [2.75, 3.05) is 14.1 Å². The number of alkyl halides is 1. The zero-order valence-corrected chi connectivity index (χ0v) is 9.88. The maximum Gasteiger partial charge on any atom is 0.244 e. The number of nitrogens with one attached hydrogen (secondary N) is 1. The van der Waals surface area contributed by atoms with Crippen molar-refractivity contribution in [1.29, 1.82) is 0 Å². The Morgan fingerprint density at radius 1 is 1.31 bits per heavy atom. The number of nitrogens with zero attached hydrogens (tertiary/aromatic N) is 1. The SMILES string of the molecule is CC(Br)C(=O)NC(C)C(=O)N(C)C. The van der Waals surface area contributed by atoms with Crippen LogP contribution in [0.25, 0.3) is 0 Å². The van der Waals surface area contributed by atoms with Gasteiger partial charge in [-0.3, -0.25) is 9.59 Å². The summed E-state index contributed by atoms with van der Waals surface area (Å²) in [6.07, 6.45) is 0. The van der Waals surface area contributed by atoms with Gasteiger partial charge >= 0.3 is 0 Å². The summed E-state index contributed by atoms with van der Waals surface area (Å²) in [6.45, 7) is 3.37. The van der Waals surface area contributed by atoms with Gasteiger partial charge in [0.15, 0.2) is 0 Å². The van der Waals surface area contributed by atoms with Crippen LogP contribution in [0.4, 0.5) is 0 Å². The Balaban J connectivity index is 4.08. The third-order valence-electron chi connectivity index (χ3n) is 1.53. The van der Waals surface area contributed by atoms with Gasteiger partial charge in [0.2, 0.25) is 11.8 Å². The van der Waals surface area contributed by atoms with E-state index in [0.29, 0.717) is 0 Å². The molecule has 0 spiro atoms. The second-order valence-corrected chi connectivity index (χ2v) is 4.45. The van der Waals surface area contributed by atoms with E-state index in [2.05, 4.69) is 21.2 Å². The highest BCUT2D eigenvalue weighted by Crippen LogP contribution is 1.98. The number of amides is 2. The third-order valence-corrected chi connectivity index (χ3v) is 1.95. The molecule has 4 nitrogen and oxygen atoms in total. The lowest BCUT2D eigenvalue weighted by Gasteiger charge is -2.18. The molecule has 0 radical (unpaired) electrons. The molecule has 0 aromatic rings. The summed E-state index contributed by atoms with van der Waals surface area (Å²) in [5, 5.41) is 2.58. The lowest BCUT2D eigenvalue weighted by atomic mass is 10.3. The van der Waals surface area contributed by atoms with E-state index < -0.39 is 6.04 Å². The minimum Gasteiger partial charge on any atom is -0.347 e. The number of halogens is 1. The van der Waals surface area contributed by atoms with Crippen molar-refractivity contribution in [3.8, 4) is 0 Å². The van der Waals surface area contributed by atoms with E-state index in [9.17, 15) is 9.59 Å². The van der Waals surface area contributed by atoms with Gasteiger partial charge in [0, 0.05) is 14.1 Å². The molecular formula is C8H15BrN2O2. The number of carbonyl (C=O) groups excluding carboxylic acids is 2. The standard InChI is InChI=1S/C8H15BrN2O2/c1-5(9)7(12)10-6(2)8(13)11(3)4/h5-6H,1-4H3,(H,10,12). The van der Waals surface area contributed by atoms with Crippen LogP contribution in [0.15, 0.2) is 0 Å². The first kappa shape index (κ1) is 12.4. The molecule has 76 valence electrons. The third kappa shape index (κ3) is 4.26. The number of hydrogen-bond acceptors (Lipinski definition) is 2. The van der Waals surface area contributed by atoms with Crippen molar-refractivity contribution in [2.45, 2.75) is 24.7 Å². The van der Waals surface area contributed by atoms with E-state index >= 15 is 0 Å². The van der Waals surface area contributed by atoms with Crippen LogP contribution in [0.5, 0.6) is 0 Å². The molecule has 0 saturated heterocycles. The second-order valence-electron chi connectivity index (χ2n) is 3.08. The van der Waals surface area contributed by atoms with Crippen LogP contribution in [0.3, 0.4) is 0 Å². The summed E-state index contributed by atoms with van der Waals surface area (Å²) >= 11 is 3.12. The van der Waals surface area contributed by atoms with E-state index in [4.69, 9.17) is 0 Å². The zero-order valence-electron chi connectivity index (χ0n) is 8.30. The molecule has 2 atom stereocenters. The topological polar surface area (TPSA) is 49.4 Å². The smallest absolute Gasteiger partial charge is 0.244 e. The highest BCUT2D eigenvalue weighted by atomic mass is 79.9. The molecule has 2 unspecified atom stereocenters.